The van der Waals surface area contributed by atoms with Crippen LogP contribution in [0.4, 0.5) is 5.69 Å². The smallest absolute Gasteiger partial charge is 0.235 e. The van der Waals surface area contributed by atoms with E-state index >= 15 is 0 Å². The molecular weight excluding hydrogens is 326 g/mol. The minimum Gasteiger partial charge on any atom is -0.423 e. The Kier molecular flexibility index (Phi) is 4.89. The molecule has 6 nitrogen and oxygen atoms in total. The van der Waals surface area contributed by atoms with Gasteiger partial charge in [-0.05, 0) is 31.0 Å². The van der Waals surface area contributed by atoms with Gasteiger partial charge in [0, 0.05) is 11.6 Å². The zero-order chi connectivity index (χ0) is 17.2. The van der Waals surface area contributed by atoms with Crippen LogP contribution in [-0.4, -0.2) is 23.9 Å². The van der Waals surface area contributed by atoms with E-state index in [1.807, 2.05) is 19.9 Å². The maximum absolute atomic E-state index is 12.7. The fourth-order valence-corrected chi connectivity index (χ4v) is 4.82. The first-order chi connectivity index (χ1) is 11.5. The van der Waals surface area contributed by atoms with Gasteiger partial charge in [-0.3, -0.25) is 0 Å². The molecule has 1 aromatic heterocycles. The SMILES string of the molecule is CC(C)c1nnc(CNc2cccc(S(=O)(=O)C3CCCC3)c2)o1. The van der Waals surface area contributed by atoms with E-state index in [1.165, 1.54) is 0 Å². The van der Waals surface area contributed by atoms with Crippen LogP contribution in [0.15, 0.2) is 33.6 Å². The highest BCUT2D eigenvalue weighted by Crippen LogP contribution is 2.30. The summed E-state index contributed by atoms with van der Waals surface area (Å²) in [6, 6.07) is 6.96. The molecule has 0 radical (unpaired) electrons. The summed E-state index contributed by atoms with van der Waals surface area (Å²) in [5.41, 5.74) is 0.735. The predicted molar refractivity (Wildman–Crippen MR) is 91.6 cm³/mol. The first-order valence-electron chi connectivity index (χ1n) is 8.37. The number of hydrogen-bond acceptors (Lipinski definition) is 6. The third-order valence-corrected chi connectivity index (χ3v) is 6.58. The summed E-state index contributed by atoms with van der Waals surface area (Å²) in [4.78, 5) is 0.382. The van der Waals surface area contributed by atoms with Crippen LogP contribution in [0.25, 0.3) is 0 Å². The molecule has 0 aliphatic heterocycles. The quantitative estimate of drug-likeness (QED) is 0.859. The van der Waals surface area contributed by atoms with E-state index in [1.54, 1.807) is 18.2 Å². The van der Waals surface area contributed by atoms with E-state index in [-0.39, 0.29) is 11.2 Å². The number of nitrogens with one attached hydrogen (secondary N) is 1. The van der Waals surface area contributed by atoms with E-state index in [4.69, 9.17) is 4.42 Å². The van der Waals surface area contributed by atoms with E-state index in [0.29, 0.717) is 23.2 Å². The van der Waals surface area contributed by atoms with Crippen LogP contribution < -0.4 is 5.32 Å². The molecule has 0 atom stereocenters. The number of anilines is 1. The Labute approximate surface area is 142 Å². The Morgan fingerprint density at radius 2 is 2.00 bits per heavy atom. The van der Waals surface area contributed by atoms with Crippen molar-refractivity contribution in [2.45, 2.75) is 62.1 Å². The van der Waals surface area contributed by atoms with Crippen molar-refractivity contribution >= 4 is 15.5 Å². The third kappa shape index (κ3) is 3.61. The second-order valence-corrected chi connectivity index (χ2v) is 8.75. The minimum absolute atomic E-state index is 0.186. The van der Waals surface area contributed by atoms with Crippen LogP contribution in [0.1, 0.15) is 57.2 Å². The summed E-state index contributed by atoms with van der Waals surface area (Å²) in [6.45, 7) is 4.34. The topological polar surface area (TPSA) is 85.1 Å². The third-order valence-electron chi connectivity index (χ3n) is 4.32. The molecule has 3 rings (SSSR count). The van der Waals surface area contributed by atoms with Crippen molar-refractivity contribution in [2.24, 2.45) is 0 Å². The van der Waals surface area contributed by atoms with Gasteiger partial charge in [0.2, 0.25) is 11.8 Å². The van der Waals surface area contributed by atoms with Gasteiger partial charge >= 0.3 is 0 Å². The molecule has 1 N–H and O–H groups in total. The van der Waals surface area contributed by atoms with Gasteiger partial charge in [-0.25, -0.2) is 8.42 Å². The van der Waals surface area contributed by atoms with Crippen molar-refractivity contribution in [1.82, 2.24) is 10.2 Å². The Morgan fingerprint density at radius 1 is 1.25 bits per heavy atom. The van der Waals surface area contributed by atoms with Crippen LogP contribution in [0.2, 0.25) is 0 Å². The van der Waals surface area contributed by atoms with Crippen LogP contribution in [0.5, 0.6) is 0 Å². The molecule has 0 unspecified atom stereocenters. The van der Waals surface area contributed by atoms with Crippen molar-refractivity contribution in [3.8, 4) is 0 Å². The molecule has 1 aliphatic rings. The molecule has 1 saturated carbocycles. The van der Waals surface area contributed by atoms with Gasteiger partial charge < -0.3 is 9.73 Å². The lowest BCUT2D eigenvalue weighted by atomic mass is 10.2. The Balaban J connectivity index is 1.71. The summed E-state index contributed by atoms with van der Waals surface area (Å²) >= 11 is 0. The summed E-state index contributed by atoms with van der Waals surface area (Å²) in [5, 5.41) is 10.9. The Hall–Kier alpha value is -1.89. The lowest BCUT2D eigenvalue weighted by molar-refractivity contribution is 0.437. The summed E-state index contributed by atoms with van der Waals surface area (Å²) < 4.78 is 30.9. The van der Waals surface area contributed by atoms with Crippen molar-refractivity contribution in [2.75, 3.05) is 5.32 Å². The number of nitrogens with zero attached hydrogens (tertiary/aromatic N) is 2. The first kappa shape index (κ1) is 17.0. The zero-order valence-electron chi connectivity index (χ0n) is 14.0. The summed E-state index contributed by atoms with van der Waals surface area (Å²) in [5.74, 6) is 1.28. The maximum Gasteiger partial charge on any atom is 0.235 e. The van der Waals surface area contributed by atoms with Crippen LogP contribution in [0, 0.1) is 0 Å². The van der Waals surface area contributed by atoms with Gasteiger partial charge in [-0.2, -0.15) is 0 Å². The van der Waals surface area contributed by atoms with Gasteiger partial charge in [0.15, 0.2) is 9.84 Å². The van der Waals surface area contributed by atoms with E-state index in [2.05, 4.69) is 15.5 Å². The van der Waals surface area contributed by atoms with Gasteiger partial charge in [-0.1, -0.05) is 32.8 Å². The molecule has 0 bridgehead atoms. The molecule has 1 heterocycles. The van der Waals surface area contributed by atoms with Crippen molar-refractivity contribution in [3.63, 3.8) is 0 Å². The van der Waals surface area contributed by atoms with Gasteiger partial charge in [0.1, 0.15) is 0 Å². The lowest BCUT2D eigenvalue weighted by Crippen LogP contribution is -2.17. The fraction of sp³-hybridized carbons (Fsp3) is 0.529. The van der Waals surface area contributed by atoms with Gasteiger partial charge in [-0.15, -0.1) is 10.2 Å². The Morgan fingerprint density at radius 3 is 2.67 bits per heavy atom. The highest BCUT2D eigenvalue weighted by Gasteiger charge is 2.30. The largest absolute Gasteiger partial charge is 0.423 e. The minimum atomic E-state index is -3.24. The number of aromatic nitrogens is 2. The molecule has 1 fully saturated rings. The van der Waals surface area contributed by atoms with Crippen molar-refractivity contribution < 1.29 is 12.8 Å². The average molecular weight is 349 g/mol. The second-order valence-electron chi connectivity index (χ2n) is 6.52. The molecule has 24 heavy (non-hydrogen) atoms. The molecule has 1 aliphatic carbocycles. The van der Waals surface area contributed by atoms with Gasteiger partial charge in [0.25, 0.3) is 0 Å². The standard InChI is InChI=1S/C17H23N3O3S/c1-12(2)17-20-19-16(23-17)11-18-13-6-5-9-15(10-13)24(21,22)14-7-3-4-8-14/h5-6,9-10,12,14,18H,3-4,7-8,11H2,1-2H3. The molecule has 0 amide bonds. The zero-order valence-corrected chi connectivity index (χ0v) is 14.8. The lowest BCUT2D eigenvalue weighted by Gasteiger charge is -2.12. The normalized spacial score (nSPS) is 16.0. The number of rotatable bonds is 6. The van der Waals surface area contributed by atoms with Crippen LogP contribution in [0.3, 0.4) is 0 Å². The highest BCUT2D eigenvalue weighted by atomic mass is 32.2. The Bertz CT molecular complexity index is 793. The fourth-order valence-electron chi connectivity index (χ4n) is 2.92. The molecule has 1 aromatic carbocycles. The van der Waals surface area contributed by atoms with Crippen molar-refractivity contribution in [3.05, 3.63) is 36.0 Å². The molecule has 2 aromatic rings. The molecule has 0 spiro atoms. The number of hydrogen-bond donors (Lipinski definition) is 1. The molecular formula is C17H23N3O3S. The second kappa shape index (κ2) is 6.93. The average Bonchev–Trinajstić information content (AvgIpc) is 3.25. The van der Waals surface area contributed by atoms with Crippen LogP contribution >= 0.6 is 0 Å². The monoisotopic (exact) mass is 349 g/mol. The number of sulfone groups is 1. The van der Waals surface area contributed by atoms with E-state index in [0.717, 1.165) is 31.4 Å². The highest BCUT2D eigenvalue weighted by molar-refractivity contribution is 7.92. The van der Waals surface area contributed by atoms with Gasteiger partial charge in [0.05, 0.1) is 16.7 Å². The predicted octanol–water partition coefficient (Wildman–Crippen LogP) is 3.52. The van der Waals surface area contributed by atoms with E-state index < -0.39 is 9.84 Å². The number of benzene rings is 1. The van der Waals surface area contributed by atoms with E-state index in [9.17, 15) is 8.42 Å². The molecule has 0 saturated heterocycles. The molecule has 7 heteroatoms. The first-order valence-corrected chi connectivity index (χ1v) is 9.91. The summed E-state index contributed by atoms with van der Waals surface area (Å²) in [6.07, 6.45) is 3.52. The van der Waals surface area contributed by atoms with Crippen molar-refractivity contribution in [1.29, 1.82) is 0 Å². The maximum atomic E-state index is 12.7. The molecule has 130 valence electrons. The van der Waals surface area contributed by atoms with Crippen LogP contribution in [-0.2, 0) is 16.4 Å². The summed E-state index contributed by atoms with van der Waals surface area (Å²) in [7, 11) is -3.24.